The Balaban J connectivity index is 2.50. The molecule has 0 atom stereocenters. The van der Waals surface area contributed by atoms with Gasteiger partial charge in [0, 0.05) is 30.6 Å². The minimum absolute atomic E-state index is 0.0137. The van der Waals surface area contributed by atoms with Crippen molar-refractivity contribution in [1.82, 2.24) is 14.0 Å². The topological polar surface area (TPSA) is 150 Å². The quantitative estimate of drug-likeness (QED) is 0.283. The smallest absolute Gasteiger partial charge is 0.352 e. The number of nitro groups is 1. The molecule has 0 aliphatic carbocycles. The number of nitro benzene ring substituents is 1. The van der Waals surface area contributed by atoms with Gasteiger partial charge in [-0.15, -0.1) is 9.46 Å². The van der Waals surface area contributed by atoms with Crippen molar-refractivity contribution in [2.24, 2.45) is 0 Å². The van der Waals surface area contributed by atoms with Gasteiger partial charge < -0.3 is 15.0 Å². The Labute approximate surface area is 130 Å². The minimum atomic E-state index is -1.46. The van der Waals surface area contributed by atoms with Crippen molar-refractivity contribution in [1.29, 1.82) is 0 Å². The van der Waals surface area contributed by atoms with E-state index in [1.54, 1.807) is 0 Å². The van der Waals surface area contributed by atoms with Gasteiger partial charge in [0.1, 0.15) is 16.7 Å². The van der Waals surface area contributed by atoms with Crippen LogP contribution in [-0.4, -0.2) is 29.4 Å². The summed E-state index contributed by atoms with van der Waals surface area (Å²) >= 11 is 0. The van der Waals surface area contributed by atoms with E-state index in [0.29, 0.717) is 0 Å². The van der Waals surface area contributed by atoms with E-state index in [1.807, 2.05) is 0 Å². The number of fused-ring (bicyclic) bond motifs is 1. The molecule has 2 aromatic heterocycles. The molecular weight excluding hydrogens is 324 g/mol. The molecule has 0 bridgehead atoms. The van der Waals surface area contributed by atoms with Gasteiger partial charge in [-0.2, -0.15) is 0 Å². The fraction of sp³-hybridized carbons (Fsp3) is 0. The van der Waals surface area contributed by atoms with Gasteiger partial charge in [0.15, 0.2) is 5.43 Å². The first-order valence-corrected chi connectivity index (χ1v) is 6.38. The van der Waals surface area contributed by atoms with Gasteiger partial charge in [-0.1, -0.05) is 0 Å². The molecule has 0 aliphatic heterocycles. The van der Waals surface area contributed by atoms with E-state index in [9.17, 15) is 34.9 Å². The number of hydrogen-bond acceptors (Lipinski definition) is 7. The third-order valence-electron chi connectivity index (χ3n) is 3.37. The number of benzene rings is 1. The first kappa shape index (κ1) is 15.0. The minimum Gasteiger partial charge on any atom is -0.425 e. The van der Waals surface area contributed by atoms with Gasteiger partial charge in [0.25, 0.3) is 5.69 Å². The fourth-order valence-corrected chi connectivity index (χ4v) is 2.22. The number of pyridine rings is 1. The normalized spacial score (nSPS) is 10.8. The first-order chi connectivity index (χ1) is 11.3. The summed E-state index contributed by atoms with van der Waals surface area (Å²) in [6.45, 7) is 0. The first-order valence-electron chi connectivity index (χ1n) is 6.38. The molecular formula is C13H8N4O7. The van der Waals surface area contributed by atoms with Crippen molar-refractivity contribution in [2.45, 2.75) is 0 Å². The van der Waals surface area contributed by atoms with E-state index in [-0.39, 0.29) is 26.1 Å². The van der Waals surface area contributed by atoms with Gasteiger partial charge in [-0.25, -0.2) is 0 Å². The second-order valence-electron chi connectivity index (χ2n) is 4.76. The molecule has 3 rings (SSSR count). The highest BCUT2D eigenvalue weighted by Crippen LogP contribution is 2.27. The summed E-state index contributed by atoms with van der Waals surface area (Å²) in [4.78, 5) is 44.7. The van der Waals surface area contributed by atoms with E-state index in [2.05, 4.69) is 0 Å². The maximum Gasteiger partial charge on any atom is 0.352 e. The van der Waals surface area contributed by atoms with Gasteiger partial charge in [-0.05, 0) is 6.07 Å². The second kappa shape index (κ2) is 5.08. The Hall–Kier alpha value is -3.89. The summed E-state index contributed by atoms with van der Waals surface area (Å²) in [5.74, 6) is 0. The Kier molecular flexibility index (Phi) is 3.18. The number of aromatic nitrogens is 3. The molecule has 0 fully saturated rings. The summed E-state index contributed by atoms with van der Waals surface area (Å²) in [5, 5.41) is 30.7. The van der Waals surface area contributed by atoms with Gasteiger partial charge in [0.2, 0.25) is 0 Å². The van der Waals surface area contributed by atoms with Crippen LogP contribution in [0, 0.1) is 10.1 Å². The van der Waals surface area contributed by atoms with Crippen LogP contribution in [-0.2, 0) is 0 Å². The van der Waals surface area contributed by atoms with Gasteiger partial charge >= 0.3 is 11.1 Å². The standard InChI is InChI=1S/C13H8N4O7/c18-7-1-3-14(4-2-7)8-5-9-10(6-11(8)17(23)24)16(22)13(20)12(19)15(9)21/h1-6,21-22H. The van der Waals surface area contributed by atoms with E-state index in [1.165, 1.54) is 17.0 Å². The lowest BCUT2D eigenvalue weighted by Crippen LogP contribution is -2.40. The van der Waals surface area contributed by atoms with Crippen molar-refractivity contribution >= 4 is 16.7 Å². The lowest BCUT2D eigenvalue weighted by Gasteiger charge is -2.11. The van der Waals surface area contributed by atoms with E-state index >= 15 is 0 Å². The van der Waals surface area contributed by atoms with Gasteiger partial charge in [0.05, 0.1) is 4.92 Å². The Morgan fingerprint density at radius 2 is 1.42 bits per heavy atom. The van der Waals surface area contributed by atoms with Crippen LogP contribution >= 0.6 is 0 Å². The zero-order valence-corrected chi connectivity index (χ0v) is 11.7. The van der Waals surface area contributed by atoms with Crippen LogP contribution < -0.4 is 16.5 Å². The lowest BCUT2D eigenvalue weighted by atomic mass is 10.2. The molecule has 122 valence electrons. The zero-order valence-electron chi connectivity index (χ0n) is 11.7. The van der Waals surface area contributed by atoms with Crippen LogP contribution in [0.5, 0.6) is 0 Å². The van der Waals surface area contributed by atoms with E-state index < -0.39 is 27.2 Å². The van der Waals surface area contributed by atoms with Crippen molar-refractivity contribution in [2.75, 3.05) is 0 Å². The maximum absolute atomic E-state index is 11.6. The average Bonchev–Trinajstić information content (AvgIpc) is 2.57. The van der Waals surface area contributed by atoms with Crippen molar-refractivity contribution < 1.29 is 15.3 Å². The molecule has 3 aromatic rings. The Morgan fingerprint density at radius 1 is 0.917 bits per heavy atom. The lowest BCUT2D eigenvalue weighted by molar-refractivity contribution is -0.384. The van der Waals surface area contributed by atoms with Crippen molar-refractivity contribution in [3.05, 3.63) is 77.7 Å². The maximum atomic E-state index is 11.6. The third-order valence-corrected chi connectivity index (χ3v) is 3.37. The molecule has 2 heterocycles. The molecule has 0 aliphatic rings. The highest BCUT2D eigenvalue weighted by atomic mass is 16.6. The number of rotatable bonds is 2. The molecule has 0 spiro atoms. The van der Waals surface area contributed by atoms with E-state index in [0.717, 1.165) is 24.3 Å². The summed E-state index contributed by atoms with van der Waals surface area (Å²) in [7, 11) is 0. The van der Waals surface area contributed by atoms with Crippen molar-refractivity contribution in [3.8, 4) is 5.69 Å². The van der Waals surface area contributed by atoms with Gasteiger partial charge in [-0.3, -0.25) is 24.5 Å². The number of hydrogen-bond donors (Lipinski definition) is 2. The van der Waals surface area contributed by atoms with Crippen LogP contribution in [0.15, 0.2) is 51.0 Å². The van der Waals surface area contributed by atoms with Crippen LogP contribution in [0.1, 0.15) is 0 Å². The van der Waals surface area contributed by atoms with E-state index in [4.69, 9.17) is 0 Å². The SMILES string of the molecule is O=c1ccn(-c2cc3c(cc2[N+](=O)[O-])n(O)c(=O)c(=O)n3O)cc1. The molecule has 0 amide bonds. The fourth-order valence-electron chi connectivity index (χ4n) is 2.22. The predicted molar refractivity (Wildman–Crippen MR) is 79.1 cm³/mol. The highest BCUT2D eigenvalue weighted by molar-refractivity contribution is 5.82. The summed E-state index contributed by atoms with van der Waals surface area (Å²) in [5.41, 5.74) is -4.58. The predicted octanol–water partition coefficient (Wildman–Crippen LogP) is -0.303. The summed E-state index contributed by atoms with van der Waals surface area (Å²) in [6, 6.07) is 4.18. The van der Waals surface area contributed by atoms with Crippen LogP contribution in [0.4, 0.5) is 5.69 Å². The molecule has 2 N–H and O–H groups in total. The third kappa shape index (κ3) is 2.11. The molecule has 0 saturated heterocycles. The molecule has 1 aromatic carbocycles. The Morgan fingerprint density at radius 3 is 1.92 bits per heavy atom. The second-order valence-corrected chi connectivity index (χ2v) is 4.76. The Bertz CT molecular complexity index is 1150. The van der Waals surface area contributed by atoms with Crippen LogP contribution in [0.2, 0.25) is 0 Å². The van der Waals surface area contributed by atoms with Crippen LogP contribution in [0.3, 0.4) is 0 Å². The molecule has 11 nitrogen and oxygen atoms in total. The molecule has 0 saturated carbocycles. The summed E-state index contributed by atoms with van der Waals surface area (Å²) in [6.07, 6.45) is 2.51. The molecule has 0 radical (unpaired) electrons. The molecule has 24 heavy (non-hydrogen) atoms. The molecule has 0 unspecified atom stereocenters. The average molecular weight is 332 g/mol. The highest BCUT2D eigenvalue weighted by Gasteiger charge is 2.21. The number of nitrogens with zero attached hydrogens (tertiary/aromatic N) is 4. The largest absolute Gasteiger partial charge is 0.425 e. The summed E-state index contributed by atoms with van der Waals surface area (Å²) < 4.78 is 1.13. The van der Waals surface area contributed by atoms with Crippen molar-refractivity contribution in [3.63, 3.8) is 0 Å². The zero-order chi connectivity index (χ0) is 17.6. The monoisotopic (exact) mass is 332 g/mol. The van der Waals surface area contributed by atoms with Crippen LogP contribution in [0.25, 0.3) is 16.7 Å². The molecule has 11 heteroatoms.